The van der Waals surface area contributed by atoms with Crippen LogP contribution in [0.5, 0.6) is 11.5 Å². The van der Waals surface area contributed by atoms with Crippen molar-refractivity contribution in [3.05, 3.63) is 54.1 Å². The van der Waals surface area contributed by atoms with Crippen LogP contribution in [0.2, 0.25) is 0 Å². The number of anilines is 1. The van der Waals surface area contributed by atoms with Crippen molar-refractivity contribution in [3.8, 4) is 11.5 Å². The maximum absolute atomic E-state index is 12.3. The van der Waals surface area contributed by atoms with Crippen molar-refractivity contribution >= 4 is 17.5 Å². The SMILES string of the molecule is COc1ccc(C(=O)N(C)CC(=O)Nc2cccc(OC)c2)cc1. The van der Waals surface area contributed by atoms with Gasteiger partial charge in [0.2, 0.25) is 5.91 Å². The number of likely N-dealkylation sites (N-methyl/N-ethyl adjacent to an activating group) is 1. The quantitative estimate of drug-likeness (QED) is 0.884. The minimum atomic E-state index is -0.285. The van der Waals surface area contributed by atoms with E-state index in [9.17, 15) is 9.59 Å². The number of benzene rings is 2. The number of nitrogens with zero attached hydrogens (tertiary/aromatic N) is 1. The largest absolute Gasteiger partial charge is 0.497 e. The van der Waals surface area contributed by atoms with Crippen LogP contribution in [0.4, 0.5) is 5.69 Å². The van der Waals surface area contributed by atoms with E-state index in [0.717, 1.165) is 0 Å². The molecule has 0 fully saturated rings. The second kappa shape index (κ2) is 8.01. The van der Waals surface area contributed by atoms with Crippen LogP contribution in [0.1, 0.15) is 10.4 Å². The molecule has 6 nitrogen and oxygen atoms in total. The highest BCUT2D eigenvalue weighted by molar-refractivity contribution is 5.99. The molecule has 2 aromatic rings. The van der Waals surface area contributed by atoms with Gasteiger partial charge in [0.15, 0.2) is 0 Å². The summed E-state index contributed by atoms with van der Waals surface area (Å²) in [5, 5.41) is 2.74. The van der Waals surface area contributed by atoms with Gasteiger partial charge in [-0.3, -0.25) is 9.59 Å². The zero-order valence-electron chi connectivity index (χ0n) is 13.9. The summed E-state index contributed by atoms with van der Waals surface area (Å²) in [4.78, 5) is 25.8. The van der Waals surface area contributed by atoms with Gasteiger partial charge < -0.3 is 19.7 Å². The lowest BCUT2D eigenvalue weighted by molar-refractivity contribution is -0.116. The van der Waals surface area contributed by atoms with E-state index >= 15 is 0 Å². The van der Waals surface area contributed by atoms with Gasteiger partial charge in [-0.2, -0.15) is 0 Å². The van der Waals surface area contributed by atoms with Crippen molar-refractivity contribution in [2.75, 3.05) is 33.1 Å². The normalized spacial score (nSPS) is 9.96. The summed E-state index contributed by atoms with van der Waals surface area (Å²) in [5.41, 5.74) is 1.11. The maximum atomic E-state index is 12.3. The van der Waals surface area contributed by atoms with Gasteiger partial charge in [-0.15, -0.1) is 0 Å². The Morgan fingerprint density at radius 2 is 1.67 bits per heavy atom. The van der Waals surface area contributed by atoms with Crippen LogP contribution in [-0.2, 0) is 4.79 Å². The second-order valence-electron chi connectivity index (χ2n) is 5.17. The van der Waals surface area contributed by atoms with E-state index in [2.05, 4.69) is 5.32 Å². The van der Waals surface area contributed by atoms with E-state index in [0.29, 0.717) is 22.7 Å². The topological polar surface area (TPSA) is 67.9 Å². The summed E-state index contributed by atoms with van der Waals surface area (Å²) in [6.07, 6.45) is 0. The average Bonchev–Trinajstić information content (AvgIpc) is 2.61. The Morgan fingerprint density at radius 1 is 1.00 bits per heavy atom. The first kappa shape index (κ1) is 17.3. The average molecular weight is 328 g/mol. The first-order chi connectivity index (χ1) is 11.5. The van der Waals surface area contributed by atoms with Crippen LogP contribution >= 0.6 is 0 Å². The standard InChI is InChI=1S/C18H20N2O4/c1-20(18(22)13-7-9-15(23-2)10-8-13)12-17(21)19-14-5-4-6-16(11-14)24-3/h4-11H,12H2,1-3H3,(H,19,21). The van der Waals surface area contributed by atoms with Gasteiger partial charge in [0.05, 0.1) is 20.8 Å². The van der Waals surface area contributed by atoms with E-state index in [1.165, 1.54) is 4.90 Å². The highest BCUT2D eigenvalue weighted by Crippen LogP contribution is 2.17. The number of ether oxygens (including phenoxy) is 2. The third-order valence-corrected chi connectivity index (χ3v) is 3.42. The molecule has 2 aromatic carbocycles. The summed E-state index contributed by atoms with van der Waals surface area (Å²) in [7, 11) is 4.70. The van der Waals surface area contributed by atoms with Gasteiger partial charge in [-0.05, 0) is 36.4 Å². The van der Waals surface area contributed by atoms with Crippen LogP contribution in [-0.4, -0.2) is 44.5 Å². The molecule has 24 heavy (non-hydrogen) atoms. The number of hydrogen-bond acceptors (Lipinski definition) is 4. The lowest BCUT2D eigenvalue weighted by atomic mass is 10.2. The van der Waals surface area contributed by atoms with Crippen LogP contribution < -0.4 is 14.8 Å². The van der Waals surface area contributed by atoms with Crippen LogP contribution in [0.25, 0.3) is 0 Å². The molecular formula is C18H20N2O4. The number of nitrogens with one attached hydrogen (secondary N) is 1. The van der Waals surface area contributed by atoms with Crippen LogP contribution in [0, 0.1) is 0 Å². The molecule has 0 saturated carbocycles. The molecule has 0 saturated heterocycles. The Morgan fingerprint density at radius 3 is 2.29 bits per heavy atom. The monoisotopic (exact) mass is 328 g/mol. The summed E-state index contributed by atoms with van der Waals surface area (Å²) in [6.45, 7) is -0.0535. The summed E-state index contributed by atoms with van der Waals surface area (Å²) in [5.74, 6) is 0.798. The summed E-state index contributed by atoms with van der Waals surface area (Å²) in [6, 6.07) is 13.8. The lowest BCUT2D eigenvalue weighted by Crippen LogP contribution is -2.34. The molecular weight excluding hydrogens is 308 g/mol. The Kier molecular flexibility index (Phi) is 5.78. The molecule has 0 aliphatic heterocycles. The van der Waals surface area contributed by atoms with Crippen molar-refractivity contribution in [3.63, 3.8) is 0 Å². The van der Waals surface area contributed by atoms with E-state index < -0.39 is 0 Å². The predicted octanol–water partition coefficient (Wildman–Crippen LogP) is 2.41. The fourth-order valence-corrected chi connectivity index (χ4v) is 2.14. The number of rotatable bonds is 6. The molecule has 0 bridgehead atoms. The molecule has 0 atom stereocenters. The smallest absolute Gasteiger partial charge is 0.254 e. The van der Waals surface area contributed by atoms with Gasteiger partial charge in [0, 0.05) is 24.4 Å². The predicted molar refractivity (Wildman–Crippen MR) is 91.6 cm³/mol. The highest BCUT2D eigenvalue weighted by atomic mass is 16.5. The Hall–Kier alpha value is -3.02. The molecule has 126 valence electrons. The number of amides is 2. The van der Waals surface area contributed by atoms with E-state index in [-0.39, 0.29) is 18.4 Å². The molecule has 0 aliphatic rings. The summed E-state index contributed by atoms with van der Waals surface area (Å²) >= 11 is 0. The summed E-state index contributed by atoms with van der Waals surface area (Å²) < 4.78 is 10.2. The molecule has 2 rings (SSSR count). The fourth-order valence-electron chi connectivity index (χ4n) is 2.14. The van der Waals surface area contributed by atoms with E-state index in [1.807, 2.05) is 0 Å². The Balaban J connectivity index is 1.95. The van der Waals surface area contributed by atoms with E-state index in [1.54, 1.807) is 69.8 Å². The Labute approximate surface area is 141 Å². The van der Waals surface area contributed by atoms with Crippen molar-refractivity contribution in [2.24, 2.45) is 0 Å². The third-order valence-electron chi connectivity index (χ3n) is 3.42. The molecule has 0 aromatic heterocycles. The van der Waals surface area contributed by atoms with Crippen LogP contribution in [0.3, 0.4) is 0 Å². The molecule has 0 spiro atoms. The molecule has 6 heteroatoms. The molecule has 0 radical (unpaired) electrons. The van der Waals surface area contributed by atoms with Crippen LogP contribution in [0.15, 0.2) is 48.5 Å². The molecule has 0 unspecified atom stereocenters. The number of hydrogen-bond donors (Lipinski definition) is 1. The molecule has 1 N–H and O–H groups in total. The zero-order chi connectivity index (χ0) is 17.5. The number of carbonyl (C=O) groups is 2. The highest BCUT2D eigenvalue weighted by Gasteiger charge is 2.15. The fraction of sp³-hybridized carbons (Fsp3) is 0.222. The zero-order valence-corrected chi connectivity index (χ0v) is 13.9. The first-order valence-electron chi connectivity index (χ1n) is 7.37. The van der Waals surface area contributed by atoms with Crippen molar-refractivity contribution in [2.45, 2.75) is 0 Å². The van der Waals surface area contributed by atoms with Crippen molar-refractivity contribution in [1.82, 2.24) is 4.90 Å². The van der Waals surface area contributed by atoms with Gasteiger partial charge in [-0.1, -0.05) is 6.07 Å². The van der Waals surface area contributed by atoms with Crippen molar-refractivity contribution < 1.29 is 19.1 Å². The minimum Gasteiger partial charge on any atom is -0.497 e. The minimum absolute atomic E-state index is 0.0535. The molecule has 2 amide bonds. The van der Waals surface area contributed by atoms with Crippen molar-refractivity contribution in [1.29, 1.82) is 0 Å². The number of carbonyl (C=O) groups excluding carboxylic acids is 2. The number of methoxy groups -OCH3 is 2. The van der Waals surface area contributed by atoms with Gasteiger partial charge in [0.25, 0.3) is 5.91 Å². The van der Waals surface area contributed by atoms with Gasteiger partial charge in [0.1, 0.15) is 11.5 Å². The van der Waals surface area contributed by atoms with Gasteiger partial charge >= 0.3 is 0 Å². The molecule has 0 heterocycles. The first-order valence-corrected chi connectivity index (χ1v) is 7.37. The van der Waals surface area contributed by atoms with Gasteiger partial charge in [-0.25, -0.2) is 0 Å². The molecule has 0 aliphatic carbocycles. The third kappa shape index (κ3) is 4.49. The Bertz CT molecular complexity index is 713. The van der Waals surface area contributed by atoms with E-state index in [4.69, 9.17) is 9.47 Å². The lowest BCUT2D eigenvalue weighted by Gasteiger charge is -2.17. The maximum Gasteiger partial charge on any atom is 0.254 e. The second-order valence-corrected chi connectivity index (χ2v) is 5.17.